The van der Waals surface area contributed by atoms with E-state index < -0.39 is 0 Å². The summed E-state index contributed by atoms with van der Waals surface area (Å²) in [5.41, 5.74) is 0.976. The minimum Gasteiger partial charge on any atom is -0.459 e. The predicted molar refractivity (Wildman–Crippen MR) is 98.6 cm³/mol. The molecule has 3 aliphatic heterocycles. The molecule has 7 nitrogen and oxygen atoms in total. The van der Waals surface area contributed by atoms with E-state index in [0.29, 0.717) is 30.1 Å². The standard InChI is InChI=1S/C21H25N3O4/c25-20(18-2-1-7-26-18)22-9-15-16-11-24(12-21(16)6-5-17(15)27-21)10-14-8-19(28-23-14)13-3-4-13/h1-2,7-8,13,15-17H,3-6,9-12H2,(H,22,25)/t15-,16+,17+,21+/m0/s1. The summed E-state index contributed by atoms with van der Waals surface area (Å²) >= 11 is 0. The maximum atomic E-state index is 12.3. The van der Waals surface area contributed by atoms with Gasteiger partial charge >= 0.3 is 0 Å². The number of furan rings is 1. The van der Waals surface area contributed by atoms with E-state index in [0.717, 1.165) is 43.9 Å². The zero-order chi connectivity index (χ0) is 18.7. The van der Waals surface area contributed by atoms with Gasteiger partial charge in [0.2, 0.25) is 0 Å². The van der Waals surface area contributed by atoms with Crippen LogP contribution in [0.1, 0.15) is 53.6 Å². The summed E-state index contributed by atoms with van der Waals surface area (Å²) in [5, 5.41) is 7.33. The van der Waals surface area contributed by atoms with E-state index in [1.165, 1.54) is 19.1 Å². The van der Waals surface area contributed by atoms with Crippen LogP contribution in [0, 0.1) is 11.8 Å². The average molecular weight is 383 g/mol. The summed E-state index contributed by atoms with van der Waals surface area (Å²) in [6.45, 7) is 3.39. The van der Waals surface area contributed by atoms with Crippen LogP contribution in [0.3, 0.4) is 0 Å². The molecular weight excluding hydrogens is 358 g/mol. The smallest absolute Gasteiger partial charge is 0.286 e. The van der Waals surface area contributed by atoms with Crippen molar-refractivity contribution >= 4 is 5.91 Å². The van der Waals surface area contributed by atoms with Gasteiger partial charge in [-0.2, -0.15) is 0 Å². The van der Waals surface area contributed by atoms with Crippen LogP contribution < -0.4 is 5.32 Å². The van der Waals surface area contributed by atoms with E-state index in [1.54, 1.807) is 12.1 Å². The number of carbonyl (C=O) groups excluding carboxylic acids is 1. The maximum Gasteiger partial charge on any atom is 0.286 e. The predicted octanol–water partition coefficient (Wildman–Crippen LogP) is 2.55. The summed E-state index contributed by atoms with van der Waals surface area (Å²) in [7, 11) is 0. The van der Waals surface area contributed by atoms with Crippen molar-refractivity contribution in [2.75, 3.05) is 19.6 Å². The second-order valence-corrected chi connectivity index (χ2v) is 8.88. The van der Waals surface area contributed by atoms with E-state index in [9.17, 15) is 4.79 Å². The summed E-state index contributed by atoms with van der Waals surface area (Å²) in [5.74, 6) is 2.67. The molecule has 28 heavy (non-hydrogen) atoms. The number of nitrogens with one attached hydrogen (secondary N) is 1. The van der Waals surface area contributed by atoms with Crippen molar-refractivity contribution < 1.29 is 18.5 Å². The van der Waals surface area contributed by atoms with Crippen LogP contribution in [0.5, 0.6) is 0 Å². The molecule has 7 heteroatoms. The Hall–Kier alpha value is -2.12. The van der Waals surface area contributed by atoms with Gasteiger partial charge in [-0.25, -0.2) is 0 Å². The van der Waals surface area contributed by atoms with E-state index in [4.69, 9.17) is 13.7 Å². The maximum absolute atomic E-state index is 12.3. The minimum absolute atomic E-state index is 0.0478. The molecule has 2 aromatic rings. The SMILES string of the molecule is O=C(NC[C@H]1[C@H]2CN(Cc3cc(C4CC4)on3)C[C@]23CC[C@H]1O3)c1ccco1. The topological polar surface area (TPSA) is 80.7 Å². The third-order valence-electron chi connectivity index (χ3n) is 7.04. The van der Waals surface area contributed by atoms with Gasteiger partial charge in [0, 0.05) is 50.0 Å². The number of nitrogens with zero attached hydrogens (tertiary/aromatic N) is 2. The number of fused-ring (bicyclic) bond motifs is 1. The van der Waals surface area contributed by atoms with Crippen LogP contribution in [-0.2, 0) is 11.3 Å². The van der Waals surface area contributed by atoms with Crippen molar-refractivity contribution in [1.29, 1.82) is 0 Å². The fourth-order valence-electron chi connectivity index (χ4n) is 5.58. The number of carbonyl (C=O) groups is 1. The first-order valence-corrected chi connectivity index (χ1v) is 10.4. The molecule has 2 aromatic heterocycles. The van der Waals surface area contributed by atoms with Crippen molar-refractivity contribution in [3.8, 4) is 0 Å². The van der Waals surface area contributed by atoms with E-state index >= 15 is 0 Å². The number of hydrogen-bond acceptors (Lipinski definition) is 6. The van der Waals surface area contributed by atoms with E-state index in [-0.39, 0.29) is 17.6 Å². The molecule has 4 atom stereocenters. The van der Waals surface area contributed by atoms with Gasteiger partial charge in [0.05, 0.1) is 23.7 Å². The van der Waals surface area contributed by atoms with Crippen LogP contribution in [0.4, 0.5) is 0 Å². The Kier molecular flexibility index (Phi) is 3.71. The molecular formula is C21H25N3O4. The van der Waals surface area contributed by atoms with Crippen molar-refractivity contribution in [2.45, 2.75) is 49.9 Å². The van der Waals surface area contributed by atoms with Crippen LogP contribution in [0.15, 0.2) is 33.4 Å². The Bertz CT molecular complexity index is 874. The zero-order valence-electron chi connectivity index (χ0n) is 15.8. The van der Waals surface area contributed by atoms with Crippen LogP contribution in [0.2, 0.25) is 0 Å². The molecule has 148 valence electrons. The Morgan fingerprint density at radius 2 is 2.29 bits per heavy atom. The van der Waals surface area contributed by atoms with Crippen molar-refractivity contribution in [2.24, 2.45) is 11.8 Å². The van der Waals surface area contributed by atoms with E-state index in [1.807, 2.05) is 0 Å². The highest BCUT2D eigenvalue weighted by molar-refractivity contribution is 5.91. The van der Waals surface area contributed by atoms with E-state index in [2.05, 4.69) is 21.4 Å². The molecule has 0 unspecified atom stereocenters. The largest absolute Gasteiger partial charge is 0.459 e. The quantitative estimate of drug-likeness (QED) is 0.826. The Balaban J connectivity index is 1.12. The second-order valence-electron chi connectivity index (χ2n) is 8.88. The number of amides is 1. The summed E-state index contributed by atoms with van der Waals surface area (Å²) in [4.78, 5) is 14.7. The molecule has 2 bridgehead atoms. The van der Waals surface area contributed by atoms with Gasteiger partial charge in [-0.3, -0.25) is 9.69 Å². The number of ether oxygens (including phenoxy) is 1. The molecule has 0 radical (unpaired) electrons. The zero-order valence-corrected chi connectivity index (χ0v) is 15.8. The number of hydrogen-bond donors (Lipinski definition) is 1. The first-order valence-electron chi connectivity index (χ1n) is 10.4. The lowest BCUT2D eigenvalue weighted by Crippen LogP contribution is -2.41. The molecule has 1 N–H and O–H groups in total. The van der Waals surface area contributed by atoms with Gasteiger partial charge in [-0.05, 0) is 37.8 Å². The summed E-state index contributed by atoms with van der Waals surface area (Å²) in [6.07, 6.45) is 6.44. The summed E-state index contributed by atoms with van der Waals surface area (Å²) < 4.78 is 17.2. The molecule has 0 aromatic carbocycles. The fraction of sp³-hybridized carbons (Fsp3) is 0.619. The lowest BCUT2D eigenvalue weighted by molar-refractivity contribution is 0.00196. The van der Waals surface area contributed by atoms with Gasteiger partial charge in [0.25, 0.3) is 5.91 Å². The molecule has 1 saturated carbocycles. The minimum atomic E-state index is -0.146. The van der Waals surface area contributed by atoms with Crippen molar-refractivity contribution in [3.63, 3.8) is 0 Å². The number of rotatable bonds is 6. The Labute approximate surface area is 163 Å². The summed E-state index contributed by atoms with van der Waals surface area (Å²) in [6, 6.07) is 5.56. The monoisotopic (exact) mass is 383 g/mol. The van der Waals surface area contributed by atoms with Crippen LogP contribution in [-0.4, -0.2) is 47.3 Å². The average Bonchev–Trinajstić information content (AvgIpc) is 3.17. The Morgan fingerprint density at radius 1 is 1.36 bits per heavy atom. The van der Waals surface area contributed by atoms with Crippen molar-refractivity contribution in [3.05, 3.63) is 41.7 Å². The van der Waals surface area contributed by atoms with Crippen LogP contribution in [0.25, 0.3) is 0 Å². The van der Waals surface area contributed by atoms with Gasteiger partial charge in [0.15, 0.2) is 5.76 Å². The molecule has 1 spiro atoms. The Morgan fingerprint density at radius 3 is 3.11 bits per heavy atom. The normalized spacial score (nSPS) is 34.1. The molecule has 1 aliphatic carbocycles. The van der Waals surface area contributed by atoms with Gasteiger partial charge in [-0.15, -0.1) is 0 Å². The van der Waals surface area contributed by atoms with Crippen molar-refractivity contribution in [1.82, 2.24) is 15.4 Å². The number of likely N-dealkylation sites (tertiary alicyclic amines) is 1. The molecule has 1 amide bonds. The highest BCUT2D eigenvalue weighted by atomic mass is 16.5. The first-order chi connectivity index (χ1) is 13.7. The van der Waals surface area contributed by atoms with Gasteiger partial charge < -0.3 is 19.0 Å². The number of aromatic nitrogens is 1. The molecule has 6 rings (SSSR count). The van der Waals surface area contributed by atoms with Crippen LogP contribution >= 0.6 is 0 Å². The molecule has 4 aliphatic rings. The molecule has 5 heterocycles. The van der Waals surface area contributed by atoms with Gasteiger partial charge in [0.1, 0.15) is 5.76 Å². The first kappa shape index (κ1) is 16.8. The molecule has 3 saturated heterocycles. The second kappa shape index (κ2) is 6.19. The lowest BCUT2D eigenvalue weighted by atomic mass is 9.73. The third-order valence-corrected chi connectivity index (χ3v) is 7.04. The molecule has 4 fully saturated rings. The fourth-order valence-corrected chi connectivity index (χ4v) is 5.58. The van der Waals surface area contributed by atoms with Gasteiger partial charge in [-0.1, -0.05) is 5.16 Å². The highest BCUT2D eigenvalue weighted by Crippen LogP contribution is 2.54. The lowest BCUT2D eigenvalue weighted by Gasteiger charge is -2.29. The highest BCUT2D eigenvalue weighted by Gasteiger charge is 2.62. The third kappa shape index (κ3) is 2.71.